The zero-order valence-electron chi connectivity index (χ0n) is 24.8. The van der Waals surface area contributed by atoms with Crippen molar-refractivity contribution in [2.75, 3.05) is 9.80 Å². The van der Waals surface area contributed by atoms with Crippen molar-refractivity contribution in [2.24, 2.45) is 0 Å². The minimum Gasteiger partial charge on any atom is -0.309 e. The number of para-hydroxylation sites is 2. The highest BCUT2D eigenvalue weighted by atomic mass is 15.2. The molecule has 0 N–H and O–H groups in total. The summed E-state index contributed by atoms with van der Waals surface area (Å²) in [6.45, 7) is 6.47. The van der Waals surface area contributed by atoms with Crippen LogP contribution in [0.25, 0.3) is 21.5 Å². The molecule has 0 saturated carbocycles. The van der Waals surface area contributed by atoms with E-state index >= 15 is 0 Å². The van der Waals surface area contributed by atoms with Gasteiger partial charge in [-0.1, -0.05) is 114 Å². The molecule has 0 spiro atoms. The van der Waals surface area contributed by atoms with Gasteiger partial charge in [-0.2, -0.15) is 0 Å². The van der Waals surface area contributed by atoms with Crippen molar-refractivity contribution < 1.29 is 0 Å². The Hall–Kier alpha value is -5.34. The Balaban J connectivity index is 1.63. The third kappa shape index (κ3) is 4.91. The Labute approximate surface area is 254 Å². The lowest BCUT2D eigenvalue weighted by atomic mass is 9.94. The number of rotatable bonds is 6. The molecule has 0 aliphatic heterocycles. The molecule has 7 aromatic carbocycles. The maximum atomic E-state index is 2.42. The van der Waals surface area contributed by atoms with Crippen LogP contribution < -0.4 is 9.80 Å². The standard InChI is InChI=1S/C41H34N2/c1-29-18-23-34(24-19-29)42(32-12-6-4-7-13-32)40-36-16-10-11-17-37(36)41(39-28-31(3)22-27-38(39)40)43(33-14-8-5-9-15-33)35-25-20-30(2)21-26-35/h4-28H,1-3H3. The molecule has 0 fully saturated rings. The fraction of sp³-hybridized carbons (Fsp3) is 0.0732. The van der Waals surface area contributed by atoms with Gasteiger partial charge in [0.15, 0.2) is 0 Å². The van der Waals surface area contributed by atoms with Crippen LogP contribution in [0.3, 0.4) is 0 Å². The first kappa shape index (κ1) is 26.6. The zero-order valence-corrected chi connectivity index (χ0v) is 24.8. The molecule has 0 atom stereocenters. The van der Waals surface area contributed by atoms with Crippen molar-refractivity contribution in [2.45, 2.75) is 20.8 Å². The van der Waals surface area contributed by atoms with Crippen LogP contribution in [0.4, 0.5) is 34.1 Å². The van der Waals surface area contributed by atoms with E-state index in [0.29, 0.717) is 0 Å². The molecule has 2 heteroatoms. The fourth-order valence-corrected chi connectivity index (χ4v) is 6.08. The van der Waals surface area contributed by atoms with Gasteiger partial charge >= 0.3 is 0 Å². The second kappa shape index (κ2) is 11.2. The van der Waals surface area contributed by atoms with Crippen LogP contribution in [0.15, 0.2) is 152 Å². The second-order valence-corrected chi connectivity index (χ2v) is 11.3. The molecule has 7 aromatic rings. The predicted molar refractivity (Wildman–Crippen MR) is 185 cm³/mol. The van der Waals surface area contributed by atoms with Gasteiger partial charge in [0.2, 0.25) is 0 Å². The SMILES string of the molecule is Cc1ccc(N(c2ccccc2)c2c3ccccc3c(N(c3ccccc3)c3ccc(C)cc3)c3cc(C)ccc23)cc1. The molecule has 0 radical (unpaired) electrons. The highest BCUT2D eigenvalue weighted by Gasteiger charge is 2.25. The Morgan fingerprint density at radius 1 is 0.302 bits per heavy atom. The lowest BCUT2D eigenvalue weighted by Gasteiger charge is -2.33. The molecule has 0 saturated heterocycles. The summed E-state index contributed by atoms with van der Waals surface area (Å²) in [6, 6.07) is 54.9. The van der Waals surface area contributed by atoms with E-state index < -0.39 is 0 Å². The molecular formula is C41H34N2. The molecule has 208 valence electrons. The van der Waals surface area contributed by atoms with Gasteiger partial charge in [-0.15, -0.1) is 0 Å². The largest absolute Gasteiger partial charge is 0.309 e. The molecule has 0 unspecified atom stereocenters. The molecule has 0 heterocycles. The van der Waals surface area contributed by atoms with Gasteiger partial charge < -0.3 is 9.80 Å². The van der Waals surface area contributed by atoms with E-state index in [2.05, 4.69) is 182 Å². The van der Waals surface area contributed by atoms with E-state index in [1.807, 2.05) is 0 Å². The molecule has 43 heavy (non-hydrogen) atoms. The average Bonchev–Trinajstić information content (AvgIpc) is 3.05. The van der Waals surface area contributed by atoms with Gasteiger partial charge in [0, 0.05) is 44.3 Å². The van der Waals surface area contributed by atoms with Gasteiger partial charge in [0.05, 0.1) is 11.4 Å². The normalized spacial score (nSPS) is 11.1. The summed E-state index contributed by atoms with van der Waals surface area (Å²) in [6.07, 6.45) is 0. The van der Waals surface area contributed by atoms with Crippen LogP contribution in [0.5, 0.6) is 0 Å². The second-order valence-electron chi connectivity index (χ2n) is 11.3. The molecule has 0 amide bonds. The van der Waals surface area contributed by atoms with E-state index in [0.717, 1.165) is 22.7 Å². The number of hydrogen-bond donors (Lipinski definition) is 0. The monoisotopic (exact) mass is 554 g/mol. The first-order valence-electron chi connectivity index (χ1n) is 14.9. The van der Waals surface area contributed by atoms with Crippen molar-refractivity contribution in [1.29, 1.82) is 0 Å². The molecular weight excluding hydrogens is 520 g/mol. The Morgan fingerprint density at radius 2 is 0.651 bits per heavy atom. The minimum atomic E-state index is 1.13. The molecule has 2 nitrogen and oxygen atoms in total. The van der Waals surface area contributed by atoms with Crippen molar-refractivity contribution in [3.8, 4) is 0 Å². The average molecular weight is 555 g/mol. The van der Waals surface area contributed by atoms with E-state index in [9.17, 15) is 0 Å². The first-order valence-corrected chi connectivity index (χ1v) is 14.9. The van der Waals surface area contributed by atoms with E-state index in [1.165, 1.54) is 49.6 Å². The van der Waals surface area contributed by atoms with Crippen molar-refractivity contribution in [3.05, 3.63) is 168 Å². The number of benzene rings is 7. The smallest absolute Gasteiger partial charge is 0.0620 e. The maximum Gasteiger partial charge on any atom is 0.0620 e. The molecule has 0 aliphatic rings. The van der Waals surface area contributed by atoms with Gasteiger partial charge in [0.25, 0.3) is 0 Å². The predicted octanol–water partition coefficient (Wildman–Crippen LogP) is 11.9. The van der Waals surface area contributed by atoms with Gasteiger partial charge in [-0.25, -0.2) is 0 Å². The van der Waals surface area contributed by atoms with E-state index in [1.54, 1.807) is 0 Å². The topological polar surface area (TPSA) is 6.48 Å². The molecule has 7 rings (SSSR count). The summed E-state index contributed by atoms with van der Waals surface area (Å²) in [4.78, 5) is 4.84. The molecule has 0 aromatic heterocycles. The summed E-state index contributed by atoms with van der Waals surface area (Å²) in [5, 5.41) is 4.82. The van der Waals surface area contributed by atoms with Gasteiger partial charge in [0.1, 0.15) is 0 Å². The van der Waals surface area contributed by atoms with Crippen LogP contribution in [0, 0.1) is 20.8 Å². The lowest BCUT2D eigenvalue weighted by molar-refractivity contribution is 1.28. The van der Waals surface area contributed by atoms with Crippen LogP contribution in [0.2, 0.25) is 0 Å². The Kier molecular flexibility index (Phi) is 6.89. The lowest BCUT2D eigenvalue weighted by Crippen LogP contribution is -2.14. The fourth-order valence-electron chi connectivity index (χ4n) is 6.08. The van der Waals surface area contributed by atoms with Crippen LogP contribution in [-0.2, 0) is 0 Å². The van der Waals surface area contributed by atoms with Crippen molar-refractivity contribution >= 4 is 55.7 Å². The van der Waals surface area contributed by atoms with Crippen LogP contribution in [0.1, 0.15) is 16.7 Å². The third-order valence-corrected chi connectivity index (χ3v) is 8.18. The van der Waals surface area contributed by atoms with Gasteiger partial charge in [-0.05, 0) is 75.4 Å². The minimum absolute atomic E-state index is 1.13. The van der Waals surface area contributed by atoms with Gasteiger partial charge in [-0.3, -0.25) is 0 Å². The third-order valence-electron chi connectivity index (χ3n) is 8.18. The van der Waals surface area contributed by atoms with Crippen molar-refractivity contribution in [3.63, 3.8) is 0 Å². The number of anilines is 6. The number of fused-ring (bicyclic) bond motifs is 2. The Bertz CT molecular complexity index is 2030. The zero-order chi connectivity index (χ0) is 29.3. The summed E-state index contributed by atoms with van der Waals surface area (Å²) in [7, 11) is 0. The summed E-state index contributed by atoms with van der Waals surface area (Å²) in [5.74, 6) is 0. The molecule has 0 bridgehead atoms. The maximum absolute atomic E-state index is 2.42. The van der Waals surface area contributed by atoms with Crippen LogP contribution >= 0.6 is 0 Å². The highest BCUT2D eigenvalue weighted by Crippen LogP contribution is 2.51. The highest BCUT2D eigenvalue weighted by molar-refractivity contribution is 6.23. The number of nitrogens with zero attached hydrogens (tertiary/aromatic N) is 2. The van der Waals surface area contributed by atoms with E-state index in [-0.39, 0.29) is 0 Å². The number of aryl methyl sites for hydroxylation is 3. The Morgan fingerprint density at radius 3 is 1.12 bits per heavy atom. The first-order chi connectivity index (χ1) is 21.1. The quantitative estimate of drug-likeness (QED) is 0.149. The summed E-state index contributed by atoms with van der Waals surface area (Å²) < 4.78 is 0. The summed E-state index contributed by atoms with van der Waals surface area (Å²) in [5.41, 5.74) is 10.6. The van der Waals surface area contributed by atoms with Crippen molar-refractivity contribution in [1.82, 2.24) is 0 Å². The van der Waals surface area contributed by atoms with E-state index in [4.69, 9.17) is 0 Å². The number of hydrogen-bond acceptors (Lipinski definition) is 2. The molecule has 0 aliphatic carbocycles. The summed E-state index contributed by atoms with van der Waals surface area (Å²) >= 11 is 0. The van der Waals surface area contributed by atoms with Crippen LogP contribution in [-0.4, -0.2) is 0 Å².